The Morgan fingerprint density at radius 3 is 2.68 bits per heavy atom. The first kappa shape index (κ1) is 18.0. The molecule has 2 aromatic heterocycles. The van der Waals surface area contributed by atoms with Gasteiger partial charge in [-0.25, -0.2) is 4.98 Å². The number of H-pyrrole nitrogens is 1. The lowest BCUT2D eigenvalue weighted by Gasteiger charge is -2.37. The van der Waals surface area contributed by atoms with Gasteiger partial charge in [0.2, 0.25) is 5.89 Å². The number of hydrogen-bond donors (Lipinski definition) is 1. The summed E-state index contributed by atoms with van der Waals surface area (Å²) in [6.07, 6.45) is 1.30. The van der Waals surface area contributed by atoms with E-state index in [1.807, 2.05) is 11.8 Å². The van der Waals surface area contributed by atoms with Crippen LogP contribution >= 0.6 is 0 Å². The number of aromatic amines is 1. The quantitative estimate of drug-likeness (QED) is 0.522. The molecule has 0 amide bonds. The third kappa shape index (κ3) is 3.20. The van der Waals surface area contributed by atoms with Gasteiger partial charge in [0, 0.05) is 32.2 Å². The summed E-state index contributed by atoms with van der Waals surface area (Å²) >= 11 is 0. The van der Waals surface area contributed by atoms with E-state index >= 15 is 0 Å². The Hall–Kier alpha value is -3.34. The second-order valence-corrected chi connectivity index (χ2v) is 6.73. The van der Waals surface area contributed by atoms with Gasteiger partial charge in [0.15, 0.2) is 5.82 Å². The average molecular weight is 385 g/mol. The van der Waals surface area contributed by atoms with Crippen LogP contribution in [0.4, 0.5) is 11.4 Å². The summed E-state index contributed by atoms with van der Waals surface area (Å²) in [5.74, 6) is 1.15. The second-order valence-electron chi connectivity index (χ2n) is 6.73. The highest BCUT2D eigenvalue weighted by molar-refractivity contribution is 5.87. The van der Waals surface area contributed by atoms with Crippen molar-refractivity contribution in [3.63, 3.8) is 0 Å². The summed E-state index contributed by atoms with van der Waals surface area (Å²) < 4.78 is 5.25. The third-order valence-electron chi connectivity index (χ3n) is 5.04. The maximum atomic E-state index is 11.9. The van der Waals surface area contributed by atoms with E-state index in [9.17, 15) is 14.9 Å². The van der Waals surface area contributed by atoms with E-state index in [0.29, 0.717) is 49.1 Å². The molecule has 1 atom stereocenters. The molecule has 1 aliphatic heterocycles. The van der Waals surface area contributed by atoms with Gasteiger partial charge >= 0.3 is 0 Å². The Labute approximate surface area is 159 Å². The SMILES string of the molecule is Cc1noc(C(C)N2CCN(c3cc4nc[nH]c(=O)c4cc3[N+](=O)[O-])CC2)n1. The summed E-state index contributed by atoms with van der Waals surface area (Å²) in [5, 5.41) is 15.6. The lowest BCUT2D eigenvalue weighted by molar-refractivity contribution is -0.384. The van der Waals surface area contributed by atoms with E-state index < -0.39 is 10.5 Å². The fraction of sp³-hybridized carbons (Fsp3) is 0.412. The van der Waals surface area contributed by atoms with Crippen molar-refractivity contribution in [1.82, 2.24) is 25.0 Å². The minimum absolute atomic E-state index is 0.0323. The van der Waals surface area contributed by atoms with Crippen molar-refractivity contribution in [2.75, 3.05) is 31.1 Å². The van der Waals surface area contributed by atoms with Gasteiger partial charge in [-0.2, -0.15) is 4.98 Å². The molecule has 0 bridgehead atoms. The Kier molecular flexibility index (Phi) is 4.51. The summed E-state index contributed by atoms with van der Waals surface area (Å²) in [6.45, 7) is 6.31. The number of hydrogen-bond acceptors (Lipinski definition) is 9. The van der Waals surface area contributed by atoms with Crippen LogP contribution in [0.3, 0.4) is 0 Å². The Morgan fingerprint density at radius 1 is 1.29 bits per heavy atom. The number of benzene rings is 1. The van der Waals surface area contributed by atoms with Gasteiger partial charge in [0.25, 0.3) is 11.2 Å². The molecule has 1 saturated heterocycles. The monoisotopic (exact) mass is 385 g/mol. The molecule has 28 heavy (non-hydrogen) atoms. The summed E-state index contributed by atoms with van der Waals surface area (Å²) in [5.41, 5.74) is 0.409. The molecule has 0 radical (unpaired) electrons. The number of nitrogens with zero attached hydrogens (tertiary/aromatic N) is 6. The molecule has 0 aliphatic carbocycles. The summed E-state index contributed by atoms with van der Waals surface area (Å²) in [7, 11) is 0. The maximum Gasteiger partial charge on any atom is 0.293 e. The van der Waals surface area contributed by atoms with Gasteiger partial charge in [-0.3, -0.25) is 19.8 Å². The number of rotatable bonds is 4. The standard InChI is InChI=1S/C17H19N7O4/c1-10(17-20-11(2)21-28-17)22-3-5-23(6-4-22)14-8-13-12(7-15(14)24(26)27)16(25)19-9-18-13/h7-10H,3-6H2,1-2H3,(H,18,19,25). The van der Waals surface area contributed by atoms with Crippen LogP contribution in [0.2, 0.25) is 0 Å². The van der Waals surface area contributed by atoms with Crippen molar-refractivity contribution in [1.29, 1.82) is 0 Å². The minimum Gasteiger partial charge on any atom is -0.363 e. The average Bonchev–Trinajstić information content (AvgIpc) is 3.13. The first-order valence-corrected chi connectivity index (χ1v) is 8.89. The van der Waals surface area contributed by atoms with Crippen LogP contribution in [-0.4, -0.2) is 56.1 Å². The maximum absolute atomic E-state index is 11.9. The van der Waals surface area contributed by atoms with E-state index in [1.165, 1.54) is 12.4 Å². The van der Waals surface area contributed by atoms with Crippen molar-refractivity contribution in [3.8, 4) is 0 Å². The topological polar surface area (TPSA) is 134 Å². The second kappa shape index (κ2) is 7.00. The van der Waals surface area contributed by atoms with Crippen molar-refractivity contribution < 1.29 is 9.45 Å². The van der Waals surface area contributed by atoms with E-state index in [4.69, 9.17) is 4.52 Å². The number of piperazine rings is 1. The number of aryl methyl sites for hydroxylation is 1. The van der Waals surface area contributed by atoms with E-state index in [0.717, 1.165) is 0 Å². The highest BCUT2D eigenvalue weighted by Gasteiger charge is 2.29. The molecule has 1 aliphatic rings. The van der Waals surface area contributed by atoms with E-state index in [1.54, 1.807) is 13.0 Å². The largest absolute Gasteiger partial charge is 0.363 e. The van der Waals surface area contributed by atoms with Crippen LogP contribution in [0.25, 0.3) is 10.9 Å². The van der Waals surface area contributed by atoms with Crippen LogP contribution < -0.4 is 10.5 Å². The zero-order valence-electron chi connectivity index (χ0n) is 15.5. The lowest BCUT2D eigenvalue weighted by Crippen LogP contribution is -2.47. The van der Waals surface area contributed by atoms with Crippen LogP contribution in [0, 0.1) is 17.0 Å². The predicted octanol–water partition coefficient (Wildman–Crippen LogP) is 1.41. The normalized spacial score (nSPS) is 16.4. The van der Waals surface area contributed by atoms with Crippen LogP contribution in [-0.2, 0) is 0 Å². The Morgan fingerprint density at radius 2 is 2.04 bits per heavy atom. The first-order valence-electron chi connectivity index (χ1n) is 8.89. The van der Waals surface area contributed by atoms with Gasteiger partial charge < -0.3 is 14.4 Å². The van der Waals surface area contributed by atoms with Crippen molar-refractivity contribution in [3.05, 3.63) is 50.6 Å². The smallest absolute Gasteiger partial charge is 0.293 e. The summed E-state index contributed by atoms with van der Waals surface area (Å²) in [6, 6.07) is 2.88. The molecule has 11 heteroatoms. The fourth-order valence-electron chi connectivity index (χ4n) is 3.48. The molecular weight excluding hydrogens is 366 g/mol. The van der Waals surface area contributed by atoms with Crippen molar-refractivity contribution in [2.24, 2.45) is 0 Å². The number of aromatic nitrogens is 4. The molecule has 11 nitrogen and oxygen atoms in total. The fourth-order valence-corrected chi connectivity index (χ4v) is 3.48. The van der Waals surface area contributed by atoms with E-state index in [-0.39, 0.29) is 17.1 Å². The van der Waals surface area contributed by atoms with Gasteiger partial charge in [-0.15, -0.1) is 0 Å². The number of fused-ring (bicyclic) bond motifs is 1. The number of anilines is 1. The van der Waals surface area contributed by atoms with Crippen LogP contribution in [0.1, 0.15) is 24.7 Å². The van der Waals surface area contributed by atoms with Gasteiger partial charge in [0.1, 0.15) is 5.69 Å². The van der Waals surface area contributed by atoms with Gasteiger partial charge in [-0.05, 0) is 19.9 Å². The molecule has 3 heterocycles. The molecule has 0 spiro atoms. The molecule has 1 N–H and O–H groups in total. The minimum atomic E-state index is -0.461. The van der Waals surface area contributed by atoms with Gasteiger partial charge in [0.05, 0.1) is 28.2 Å². The van der Waals surface area contributed by atoms with Crippen LogP contribution in [0.5, 0.6) is 0 Å². The molecular formula is C17H19N7O4. The summed E-state index contributed by atoms with van der Waals surface area (Å²) in [4.78, 5) is 38.1. The van der Waals surface area contributed by atoms with E-state index in [2.05, 4.69) is 25.0 Å². The zero-order valence-corrected chi connectivity index (χ0v) is 15.5. The van der Waals surface area contributed by atoms with Crippen molar-refractivity contribution >= 4 is 22.3 Å². The number of nitrogens with one attached hydrogen (secondary N) is 1. The van der Waals surface area contributed by atoms with Crippen molar-refractivity contribution in [2.45, 2.75) is 19.9 Å². The van der Waals surface area contributed by atoms with Crippen LogP contribution in [0.15, 0.2) is 27.8 Å². The molecule has 1 aromatic carbocycles. The molecule has 146 valence electrons. The Balaban J connectivity index is 1.59. The first-order chi connectivity index (χ1) is 13.4. The molecule has 4 rings (SSSR count). The third-order valence-corrected chi connectivity index (χ3v) is 5.04. The molecule has 0 saturated carbocycles. The highest BCUT2D eigenvalue weighted by Crippen LogP contribution is 2.32. The number of nitro groups is 1. The molecule has 3 aromatic rings. The Bertz CT molecular complexity index is 1080. The van der Waals surface area contributed by atoms with Gasteiger partial charge in [-0.1, -0.05) is 5.16 Å². The predicted molar refractivity (Wildman–Crippen MR) is 100 cm³/mol. The lowest BCUT2D eigenvalue weighted by atomic mass is 10.1. The number of nitro benzene ring substituents is 1. The zero-order chi connectivity index (χ0) is 19.8. The molecule has 1 fully saturated rings. The molecule has 1 unspecified atom stereocenters. The highest BCUT2D eigenvalue weighted by atomic mass is 16.6.